The number of hydrogen-bond donors (Lipinski definition) is 1. The highest BCUT2D eigenvalue weighted by atomic mass is 19.4. The first-order valence-electron chi connectivity index (χ1n) is 4.46. The fraction of sp³-hybridized carbons (Fsp3) is 1.00. The number of rotatable bonds is 2. The van der Waals surface area contributed by atoms with Gasteiger partial charge >= 0.3 is 6.18 Å². The van der Waals surface area contributed by atoms with Crippen molar-refractivity contribution in [3.63, 3.8) is 0 Å². The molecule has 0 saturated heterocycles. The van der Waals surface area contributed by atoms with E-state index in [0.717, 1.165) is 0 Å². The maximum absolute atomic E-state index is 12.6. The fourth-order valence-corrected chi connectivity index (χ4v) is 1.50. The topological polar surface area (TPSA) is 12.0 Å². The average molecular weight is 217 g/mol. The summed E-state index contributed by atoms with van der Waals surface area (Å²) in [7, 11) is 0. The maximum atomic E-state index is 12.6. The highest BCUT2D eigenvalue weighted by molar-refractivity contribution is 4.81. The van der Waals surface area contributed by atoms with E-state index in [2.05, 4.69) is 5.32 Å². The molecule has 84 valence electrons. The summed E-state index contributed by atoms with van der Waals surface area (Å²) in [6.07, 6.45) is -4.67. The second kappa shape index (κ2) is 4.00. The molecule has 0 amide bonds. The predicted octanol–water partition coefficient (Wildman–Crippen LogP) is 2.72. The monoisotopic (exact) mass is 217 g/mol. The molecule has 6 heteroatoms. The van der Waals surface area contributed by atoms with Crippen LogP contribution in [-0.4, -0.2) is 24.7 Å². The quantitative estimate of drug-likeness (QED) is 0.701. The van der Waals surface area contributed by atoms with Crippen LogP contribution in [0.5, 0.6) is 0 Å². The van der Waals surface area contributed by atoms with Gasteiger partial charge in [0.25, 0.3) is 0 Å². The molecule has 1 fully saturated rings. The smallest absolute Gasteiger partial charge is 0.306 e. The number of hydrogen-bond acceptors (Lipinski definition) is 1. The molecule has 0 aromatic rings. The standard InChI is InChI=1S/C8H12F5N/c9-7(10)3-1-6(2-4-7)14-5-8(11,12)13/h6,14H,1-5H2. The summed E-state index contributed by atoms with van der Waals surface area (Å²) in [5.41, 5.74) is 0. The fourth-order valence-electron chi connectivity index (χ4n) is 1.50. The van der Waals surface area contributed by atoms with Crippen molar-refractivity contribution >= 4 is 0 Å². The average Bonchev–Trinajstić information content (AvgIpc) is 2.01. The minimum atomic E-state index is -4.26. The van der Waals surface area contributed by atoms with E-state index in [-0.39, 0.29) is 25.7 Å². The van der Waals surface area contributed by atoms with Gasteiger partial charge in [0.2, 0.25) is 5.92 Å². The molecule has 0 aliphatic heterocycles. The van der Waals surface area contributed by atoms with E-state index in [1.807, 2.05) is 0 Å². The van der Waals surface area contributed by atoms with Gasteiger partial charge in [-0.15, -0.1) is 0 Å². The van der Waals surface area contributed by atoms with Crippen molar-refractivity contribution in [2.45, 2.75) is 43.8 Å². The first kappa shape index (κ1) is 11.7. The molecule has 1 rings (SSSR count). The highest BCUT2D eigenvalue weighted by Gasteiger charge is 2.36. The summed E-state index contributed by atoms with van der Waals surface area (Å²) in [4.78, 5) is 0. The van der Waals surface area contributed by atoms with Crippen molar-refractivity contribution in [3.8, 4) is 0 Å². The van der Waals surface area contributed by atoms with Gasteiger partial charge in [0.1, 0.15) is 0 Å². The van der Waals surface area contributed by atoms with Crippen LogP contribution in [0.2, 0.25) is 0 Å². The van der Waals surface area contributed by atoms with Gasteiger partial charge in [-0.1, -0.05) is 0 Å². The lowest BCUT2D eigenvalue weighted by molar-refractivity contribution is -0.128. The Labute approximate surface area is 78.7 Å². The minimum absolute atomic E-state index is 0.114. The summed E-state index contributed by atoms with van der Waals surface area (Å²) in [5, 5.41) is 2.24. The van der Waals surface area contributed by atoms with Gasteiger partial charge in [0, 0.05) is 18.9 Å². The molecule has 1 nitrogen and oxygen atoms in total. The van der Waals surface area contributed by atoms with Crippen LogP contribution >= 0.6 is 0 Å². The zero-order valence-electron chi connectivity index (χ0n) is 7.50. The summed E-state index contributed by atoms with van der Waals surface area (Å²) in [6, 6.07) is -0.420. The van der Waals surface area contributed by atoms with Crippen LogP contribution in [0, 0.1) is 0 Å². The number of halogens is 5. The summed E-state index contributed by atoms with van der Waals surface area (Å²) in [6.45, 7) is -1.09. The zero-order valence-corrected chi connectivity index (χ0v) is 7.50. The second-order valence-electron chi connectivity index (χ2n) is 3.63. The largest absolute Gasteiger partial charge is 0.401 e. The first-order chi connectivity index (χ1) is 6.29. The molecule has 0 unspecified atom stereocenters. The molecule has 1 saturated carbocycles. The van der Waals surface area contributed by atoms with Gasteiger partial charge in [-0.05, 0) is 12.8 Å². The molecular weight excluding hydrogens is 205 g/mol. The summed E-state index contributed by atoms with van der Waals surface area (Å²) < 4.78 is 60.5. The number of alkyl halides is 5. The lowest BCUT2D eigenvalue weighted by Crippen LogP contribution is -2.41. The Hall–Kier alpha value is -0.390. The van der Waals surface area contributed by atoms with Gasteiger partial charge in [-0.25, -0.2) is 8.78 Å². The van der Waals surface area contributed by atoms with Crippen molar-refractivity contribution in [1.29, 1.82) is 0 Å². The molecule has 1 aliphatic carbocycles. The molecule has 0 radical (unpaired) electrons. The van der Waals surface area contributed by atoms with Gasteiger partial charge < -0.3 is 5.32 Å². The normalized spacial score (nSPS) is 23.8. The van der Waals surface area contributed by atoms with E-state index in [4.69, 9.17) is 0 Å². The molecule has 0 heterocycles. The van der Waals surface area contributed by atoms with E-state index in [0.29, 0.717) is 0 Å². The predicted molar refractivity (Wildman–Crippen MR) is 41.3 cm³/mol. The Morgan fingerprint density at radius 3 is 2.07 bits per heavy atom. The van der Waals surface area contributed by atoms with E-state index >= 15 is 0 Å². The van der Waals surface area contributed by atoms with Gasteiger partial charge in [-0.3, -0.25) is 0 Å². The molecule has 14 heavy (non-hydrogen) atoms. The third-order valence-corrected chi connectivity index (χ3v) is 2.31. The number of nitrogens with one attached hydrogen (secondary N) is 1. The molecule has 0 atom stereocenters. The summed E-state index contributed by atoms with van der Waals surface area (Å²) >= 11 is 0. The first-order valence-corrected chi connectivity index (χ1v) is 4.46. The Morgan fingerprint density at radius 1 is 1.14 bits per heavy atom. The molecule has 0 aromatic carbocycles. The van der Waals surface area contributed by atoms with E-state index in [1.165, 1.54) is 0 Å². The molecule has 0 spiro atoms. The lowest BCUT2D eigenvalue weighted by atomic mass is 9.92. The van der Waals surface area contributed by atoms with Gasteiger partial charge in [0.05, 0.1) is 6.54 Å². The van der Waals surface area contributed by atoms with Crippen LogP contribution in [0.3, 0.4) is 0 Å². The SMILES string of the molecule is FC(F)(F)CNC1CCC(F)(F)CC1. The van der Waals surface area contributed by atoms with Crippen LogP contribution < -0.4 is 5.32 Å². The third-order valence-electron chi connectivity index (χ3n) is 2.31. The van der Waals surface area contributed by atoms with E-state index in [1.54, 1.807) is 0 Å². The van der Waals surface area contributed by atoms with Crippen LogP contribution in [-0.2, 0) is 0 Å². The maximum Gasteiger partial charge on any atom is 0.401 e. The lowest BCUT2D eigenvalue weighted by Gasteiger charge is -2.29. The second-order valence-corrected chi connectivity index (χ2v) is 3.63. The molecule has 0 aromatic heterocycles. The van der Waals surface area contributed by atoms with Crippen LogP contribution in [0.15, 0.2) is 0 Å². The van der Waals surface area contributed by atoms with E-state index in [9.17, 15) is 22.0 Å². The summed E-state index contributed by atoms with van der Waals surface area (Å²) in [5.74, 6) is -2.68. The molecule has 1 N–H and O–H groups in total. The van der Waals surface area contributed by atoms with Crippen molar-refractivity contribution in [3.05, 3.63) is 0 Å². The van der Waals surface area contributed by atoms with Crippen molar-refractivity contribution in [1.82, 2.24) is 5.32 Å². The Morgan fingerprint density at radius 2 is 1.64 bits per heavy atom. The highest BCUT2D eigenvalue weighted by Crippen LogP contribution is 2.33. The van der Waals surface area contributed by atoms with E-state index < -0.39 is 24.7 Å². The van der Waals surface area contributed by atoms with Crippen molar-refractivity contribution in [2.75, 3.05) is 6.54 Å². The molecular formula is C8H12F5N. The van der Waals surface area contributed by atoms with Crippen LogP contribution in [0.4, 0.5) is 22.0 Å². The van der Waals surface area contributed by atoms with Gasteiger partial charge in [-0.2, -0.15) is 13.2 Å². The Balaban J connectivity index is 2.23. The van der Waals surface area contributed by atoms with Crippen LogP contribution in [0.25, 0.3) is 0 Å². The van der Waals surface area contributed by atoms with Gasteiger partial charge in [0.15, 0.2) is 0 Å². The van der Waals surface area contributed by atoms with Crippen LogP contribution in [0.1, 0.15) is 25.7 Å². The third kappa shape index (κ3) is 4.21. The Kier molecular flexibility index (Phi) is 3.34. The van der Waals surface area contributed by atoms with Crippen molar-refractivity contribution in [2.24, 2.45) is 0 Å². The molecule has 0 bridgehead atoms. The minimum Gasteiger partial charge on any atom is -0.306 e. The van der Waals surface area contributed by atoms with Crippen molar-refractivity contribution < 1.29 is 22.0 Å². The Bertz CT molecular complexity index is 179. The molecule has 1 aliphatic rings. The zero-order chi connectivity index (χ0) is 10.8.